The number of nitrogens with zero attached hydrogens (tertiary/aromatic N) is 2. The van der Waals surface area contributed by atoms with Crippen molar-refractivity contribution in [2.45, 2.75) is 58.9 Å². The monoisotopic (exact) mass is 393 g/mol. The number of hydrogen-bond donors (Lipinski definition) is 1. The zero-order chi connectivity index (χ0) is 20.6. The molecular formula is C24H31N3O2. The molecular weight excluding hydrogens is 362 g/mol. The summed E-state index contributed by atoms with van der Waals surface area (Å²) in [6.45, 7) is 6.56. The van der Waals surface area contributed by atoms with Gasteiger partial charge in [-0.25, -0.2) is 4.98 Å². The van der Waals surface area contributed by atoms with Gasteiger partial charge < -0.3 is 10.2 Å². The molecule has 0 saturated carbocycles. The van der Waals surface area contributed by atoms with Crippen LogP contribution in [0.25, 0.3) is 0 Å². The van der Waals surface area contributed by atoms with Crippen molar-refractivity contribution in [1.82, 2.24) is 10.3 Å². The molecule has 0 spiro atoms. The number of Topliss-reactive ketones (excluding diaryl/α,β-unsaturated/α-hetero) is 1. The van der Waals surface area contributed by atoms with E-state index >= 15 is 0 Å². The molecule has 2 heterocycles. The molecule has 0 unspecified atom stereocenters. The van der Waals surface area contributed by atoms with Gasteiger partial charge in [0.1, 0.15) is 5.82 Å². The van der Waals surface area contributed by atoms with Crippen molar-refractivity contribution < 1.29 is 9.59 Å². The molecule has 154 valence electrons. The minimum Gasteiger partial charge on any atom is -0.357 e. The third-order valence-corrected chi connectivity index (χ3v) is 5.64. The van der Waals surface area contributed by atoms with Crippen molar-refractivity contribution >= 4 is 17.5 Å². The summed E-state index contributed by atoms with van der Waals surface area (Å²) in [5.41, 5.74) is 3.97. The molecule has 5 heteroatoms. The van der Waals surface area contributed by atoms with Crippen molar-refractivity contribution in [2.75, 3.05) is 18.0 Å². The minimum atomic E-state index is -0.102. The Morgan fingerprint density at radius 3 is 2.45 bits per heavy atom. The van der Waals surface area contributed by atoms with Crippen LogP contribution in [0.1, 0.15) is 65.6 Å². The predicted molar refractivity (Wildman–Crippen MR) is 116 cm³/mol. The molecule has 1 aliphatic heterocycles. The first-order valence-electron chi connectivity index (χ1n) is 10.6. The number of aromatic nitrogens is 1. The van der Waals surface area contributed by atoms with Crippen LogP contribution < -0.4 is 10.2 Å². The summed E-state index contributed by atoms with van der Waals surface area (Å²) in [6.07, 6.45) is 7.22. The number of carbonyl (C=O) groups excluding carboxylic acids is 2. The largest absolute Gasteiger partial charge is 0.357 e. The summed E-state index contributed by atoms with van der Waals surface area (Å²) in [5, 5.41) is 2.93. The lowest BCUT2D eigenvalue weighted by Crippen LogP contribution is -2.26. The molecule has 29 heavy (non-hydrogen) atoms. The van der Waals surface area contributed by atoms with Gasteiger partial charge in [0.15, 0.2) is 5.78 Å². The van der Waals surface area contributed by atoms with Gasteiger partial charge in [0.25, 0.3) is 0 Å². The fraction of sp³-hybridized carbons (Fsp3) is 0.458. The van der Waals surface area contributed by atoms with E-state index in [0.29, 0.717) is 12.1 Å². The molecule has 3 rings (SSSR count). The summed E-state index contributed by atoms with van der Waals surface area (Å²) in [6, 6.07) is 9.68. The number of carbonyl (C=O) groups is 2. The quantitative estimate of drug-likeness (QED) is 0.710. The van der Waals surface area contributed by atoms with Crippen molar-refractivity contribution in [1.29, 1.82) is 0 Å². The Labute approximate surface area is 173 Å². The molecule has 2 aromatic rings. The molecule has 0 bridgehead atoms. The number of ketones is 1. The molecule has 0 atom stereocenters. The van der Waals surface area contributed by atoms with E-state index in [4.69, 9.17) is 0 Å². The van der Waals surface area contributed by atoms with Crippen LogP contribution in [-0.2, 0) is 11.3 Å². The summed E-state index contributed by atoms with van der Waals surface area (Å²) in [4.78, 5) is 31.4. The van der Waals surface area contributed by atoms with Gasteiger partial charge in [-0.1, -0.05) is 25.0 Å². The maximum atomic E-state index is 12.3. The van der Waals surface area contributed by atoms with Crippen LogP contribution in [0.4, 0.5) is 5.82 Å². The number of pyridine rings is 1. The highest BCUT2D eigenvalue weighted by Crippen LogP contribution is 2.18. The van der Waals surface area contributed by atoms with Crippen LogP contribution in [0.15, 0.2) is 36.5 Å². The molecule has 1 amide bonds. The standard InChI is InChI=1S/C24H31N3O2/c1-18-7-8-21(15-19(18)2)22(28)9-10-24(29)26-17-20-11-12-25-23(16-20)27-13-5-3-4-6-14-27/h7-8,11-12,15-16H,3-6,9-10,13-14,17H2,1-2H3,(H,26,29). The zero-order valence-corrected chi connectivity index (χ0v) is 17.5. The number of anilines is 1. The zero-order valence-electron chi connectivity index (χ0n) is 17.5. The fourth-order valence-corrected chi connectivity index (χ4v) is 3.62. The van der Waals surface area contributed by atoms with Crippen LogP contribution in [0.5, 0.6) is 0 Å². The van der Waals surface area contributed by atoms with E-state index in [-0.39, 0.29) is 24.5 Å². The van der Waals surface area contributed by atoms with E-state index in [1.165, 1.54) is 25.7 Å². The lowest BCUT2D eigenvalue weighted by Gasteiger charge is -2.21. The smallest absolute Gasteiger partial charge is 0.220 e. The van der Waals surface area contributed by atoms with Crippen LogP contribution in [0.3, 0.4) is 0 Å². The van der Waals surface area contributed by atoms with Crippen LogP contribution >= 0.6 is 0 Å². The predicted octanol–water partition coefficient (Wildman–Crippen LogP) is 4.36. The molecule has 1 aromatic heterocycles. The van der Waals surface area contributed by atoms with Gasteiger partial charge in [0.05, 0.1) is 0 Å². The molecule has 0 aliphatic carbocycles. The third kappa shape index (κ3) is 6.14. The van der Waals surface area contributed by atoms with E-state index in [0.717, 1.165) is 35.6 Å². The van der Waals surface area contributed by atoms with E-state index in [9.17, 15) is 9.59 Å². The molecule has 5 nitrogen and oxygen atoms in total. The average Bonchev–Trinajstić information content (AvgIpc) is 3.02. The van der Waals surface area contributed by atoms with Gasteiger partial charge in [-0.3, -0.25) is 9.59 Å². The van der Waals surface area contributed by atoms with E-state index in [2.05, 4.69) is 21.3 Å². The van der Waals surface area contributed by atoms with E-state index in [1.54, 1.807) is 0 Å². The van der Waals surface area contributed by atoms with Gasteiger partial charge in [0.2, 0.25) is 5.91 Å². The topological polar surface area (TPSA) is 62.3 Å². The lowest BCUT2D eigenvalue weighted by atomic mass is 10.0. The second kappa shape index (κ2) is 10.2. The lowest BCUT2D eigenvalue weighted by molar-refractivity contribution is -0.121. The Balaban J connectivity index is 1.48. The van der Waals surface area contributed by atoms with Gasteiger partial charge in [-0.05, 0) is 61.6 Å². The van der Waals surface area contributed by atoms with E-state index in [1.807, 2.05) is 44.3 Å². The average molecular weight is 394 g/mol. The number of amides is 1. The third-order valence-electron chi connectivity index (χ3n) is 5.64. The first kappa shape index (κ1) is 21.0. The van der Waals surface area contributed by atoms with Gasteiger partial charge >= 0.3 is 0 Å². The Bertz CT molecular complexity index is 855. The molecule has 1 aromatic carbocycles. The maximum absolute atomic E-state index is 12.3. The van der Waals surface area contributed by atoms with Crippen molar-refractivity contribution in [3.63, 3.8) is 0 Å². The SMILES string of the molecule is Cc1ccc(C(=O)CCC(=O)NCc2ccnc(N3CCCCCC3)c2)cc1C. The first-order chi connectivity index (χ1) is 14.0. The minimum absolute atomic E-state index is 0.00982. The number of benzene rings is 1. The highest BCUT2D eigenvalue weighted by atomic mass is 16.2. The van der Waals surface area contributed by atoms with Crippen LogP contribution in [0.2, 0.25) is 0 Å². The molecule has 0 radical (unpaired) electrons. The first-order valence-corrected chi connectivity index (χ1v) is 10.6. The maximum Gasteiger partial charge on any atom is 0.220 e. The van der Waals surface area contributed by atoms with Gasteiger partial charge in [0, 0.05) is 44.2 Å². The van der Waals surface area contributed by atoms with Crippen LogP contribution in [0, 0.1) is 13.8 Å². The van der Waals surface area contributed by atoms with Gasteiger partial charge in [-0.15, -0.1) is 0 Å². The number of rotatable bonds is 7. The number of nitrogens with one attached hydrogen (secondary N) is 1. The summed E-state index contributed by atoms with van der Waals surface area (Å²) in [5.74, 6) is 0.898. The molecule has 1 fully saturated rings. The fourth-order valence-electron chi connectivity index (χ4n) is 3.62. The summed E-state index contributed by atoms with van der Waals surface area (Å²) in [7, 11) is 0. The van der Waals surface area contributed by atoms with E-state index < -0.39 is 0 Å². The Morgan fingerprint density at radius 1 is 0.966 bits per heavy atom. The normalized spacial score (nSPS) is 14.3. The number of hydrogen-bond acceptors (Lipinski definition) is 4. The molecule has 1 aliphatic rings. The van der Waals surface area contributed by atoms with Gasteiger partial charge in [-0.2, -0.15) is 0 Å². The second-order valence-corrected chi connectivity index (χ2v) is 7.92. The highest BCUT2D eigenvalue weighted by Gasteiger charge is 2.13. The summed E-state index contributed by atoms with van der Waals surface area (Å²) < 4.78 is 0. The Kier molecular flexibility index (Phi) is 7.39. The highest BCUT2D eigenvalue weighted by molar-refractivity contribution is 5.98. The Morgan fingerprint density at radius 2 is 1.72 bits per heavy atom. The summed E-state index contributed by atoms with van der Waals surface area (Å²) >= 11 is 0. The van der Waals surface area contributed by atoms with Crippen LogP contribution in [-0.4, -0.2) is 29.8 Å². The molecule has 1 N–H and O–H groups in total. The Hall–Kier alpha value is -2.69. The molecule has 1 saturated heterocycles. The second-order valence-electron chi connectivity index (χ2n) is 7.92. The number of aryl methyl sites for hydroxylation is 2. The van der Waals surface area contributed by atoms with Crippen molar-refractivity contribution in [2.24, 2.45) is 0 Å². The van der Waals surface area contributed by atoms with Crippen molar-refractivity contribution in [3.8, 4) is 0 Å². The van der Waals surface area contributed by atoms with Crippen molar-refractivity contribution in [3.05, 3.63) is 58.8 Å².